The largest absolute Gasteiger partial charge is 0.477 e. The average Bonchev–Trinajstić information content (AvgIpc) is 2.08. The average molecular weight is 194 g/mol. The Morgan fingerprint density at radius 1 is 1.14 bits per heavy atom. The highest BCUT2D eigenvalue weighted by Crippen LogP contribution is 2.17. The van der Waals surface area contributed by atoms with Crippen molar-refractivity contribution in [2.45, 2.75) is 34.6 Å². The lowest BCUT2D eigenvalue weighted by atomic mass is 10.2. The molecule has 0 spiro atoms. The summed E-state index contributed by atoms with van der Waals surface area (Å²) in [7, 11) is 0. The minimum Gasteiger partial charge on any atom is -0.477 e. The molecule has 0 bridgehead atoms. The fourth-order valence-corrected chi connectivity index (χ4v) is 1.12. The summed E-state index contributed by atoms with van der Waals surface area (Å²) in [5.41, 5.74) is 2.03. The number of hydrogen-bond acceptors (Lipinski definition) is 3. The fraction of sp³-hybridized carbons (Fsp3) is 0.636. The van der Waals surface area contributed by atoms with Crippen LogP contribution in [-0.2, 0) is 0 Å². The van der Waals surface area contributed by atoms with E-state index in [0.717, 1.165) is 23.0 Å². The maximum absolute atomic E-state index is 5.61. The first-order chi connectivity index (χ1) is 6.50. The van der Waals surface area contributed by atoms with E-state index in [2.05, 4.69) is 23.8 Å². The Labute approximate surface area is 85.5 Å². The summed E-state index contributed by atoms with van der Waals surface area (Å²) in [4.78, 5) is 8.54. The van der Waals surface area contributed by atoms with Crippen LogP contribution < -0.4 is 4.74 Å². The molecule has 0 amide bonds. The van der Waals surface area contributed by atoms with Crippen LogP contribution in [0.1, 0.15) is 30.9 Å². The van der Waals surface area contributed by atoms with Crippen molar-refractivity contribution in [1.29, 1.82) is 0 Å². The van der Waals surface area contributed by atoms with Crippen molar-refractivity contribution >= 4 is 0 Å². The first-order valence-corrected chi connectivity index (χ1v) is 4.95. The Morgan fingerprint density at radius 2 is 1.79 bits per heavy atom. The highest BCUT2D eigenvalue weighted by Gasteiger charge is 2.07. The standard InChI is InChI=1S/C11H18N2O/c1-7(2)6-14-11-8(3)9(4)12-10(5)13-11/h7H,6H2,1-5H3. The summed E-state index contributed by atoms with van der Waals surface area (Å²) in [6.07, 6.45) is 0. The molecule has 78 valence electrons. The molecule has 0 radical (unpaired) electrons. The topological polar surface area (TPSA) is 35.0 Å². The highest BCUT2D eigenvalue weighted by molar-refractivity contribution is 5.28. The Morgan fingerprint density at radius 3 is 2.36 bits per heavy atom. The molecule has 1 aromatic rings. The first kappa shape index (κ1) is 11.0. The first-order valence-electron chi connectivity index (χ1n) is 4.95. The molecule has 0 aliphatic carbocycles. The van der Waals surface area contributed by atoms with Crippen LogP contribution in [0.15, 0.2) is 0 Å². The molecule has 0 saturated heterocycles. The van der Waals surface area contributed by atoms with Crippen molar-refractivity contribution in [2.24, 2.45) is 5.92 Å². The second kappa shape index (κ2) is 4.40. The lowest BCUT2D eigenvalue weighted by molar-refractivity contribution is 0.258. The monoisotopic (exact) mass is 194 g/mol. The van der Waals surface area contributed by atoms with Gasteiger partial charge in [0.15, 0.2) is 0 Å². The smallest absolute Gasteiger partial charge is 0.219 e. The lowest BCUT2D eigenvalue weighted by Crippen LogP contribution is -2.08. The predicted molar refractivity (Wildman–Crippen MR) is 56.6 cm³/mol. The number of rotatable bonds is 3. The van der Waals surface area contributed by atoms with Crippen LogP contribution in [0.2, 0.25) is 0 Å². The van der Waals surface area contributed by atoms with Crippen molar-refractivity contribution in [3.8, 4) is 5.88 Å². The predicted octanol–water partition coefficient (Wildman–Crippen LogP) is 2.44. The zero-order valence-corrected chi connectivity index (χ0v) is 9.59. The Bertz CT molecular complexity index is 321. The van der Waals surface area contributed by atoms with Crippen LogP contribution >= 0.6 is 0 Å². The van der Waals surface area contributed by atoms with Gasteiger partial charge in [0.05, 0.1) is 6.61 Å². The van der Waals surface area contributed by atoms with Gasteiger partial charge < -0.3 is 4.74 Å². The molecule has 0 aliphatic rings. The molecule has 0 saturated carbocycles. The zero-order chi connectivity index (χ0) is 10.7. The Hall–Kier alpha value is -1.12. The van der Waals surface area contributed by atoms with Crippen molar-refractivity contribution in [2.75, 3.05) is 6.61 Å². The van der Waals surface area contributed by atoms with Gasteiger partial charge in [-0.15, -0.1) is 0 Å². The number of hydrogen-bond donors (Lipinski definition) is 0. The second-order valence-corrected chi connectivity index (χ2v) is 3.99. The Balaban J connectivity index is 2.85. The van der Waals surface area contributed by atoms with Crippen molar-refractivity contribution < 1.29 is 4.74 Å². The van der Waals surface area contributed by atoms with E-state index in [1.165, 1.54) is 0 Å². The summed E-state index contributed by atoms with van der Waals surface area (Å²) < 4.78 is 5.61. The van der Waals surface area contributed by atoms with Gasteiger partial charge in [0, 0.05) is 11.3 Å². The summed E-state index contributed by atoms with van der Waals surface area (Å²) in [5, 5.41) is 0. The van der Waals surface area contributed by atoms with Crippen LogP contribution in [-0.4, -0.2) is 16.6 Å². The lowest BCUT2D eigenvalue weighted by Gasteiger charge is -2.11. The number of ether oxygens (including phenoxy) is 1. The Kier molecular flexibility index (Phi) is 3.44. The third-order valence-corrected chi connectivity index (χ3v) is 2.01. The van der Waals surface area contributed by atoms with Crippen molar-refractivity contribution in [3.05, 3.63) is 17.1 Å². The van der Waals surface area contributed by atoms with Gasteiger partial charge >= 0.3 is 0 Å². The summed E-state index contributed by atoms with van der Waals surface area (Å²) in [5.74, 6) is 2.01. The molecular formula is C11H18N2O. The van der Waals surface area contributed by atoms with E-state index in [4.69, 9.17) is 4.74 Å². The van der Waals surface area contributed by atoms with Gasteiger partial charge in [0.1, 0.15) is 5.82 Å². The molecule has 3 nitrogen and oxygen atoms in total. The van der Waals surface area contributed by atoms with E-state index in [-0.39, 0.29) is 0 Å². The summed E-state index contributed by atoms with van der Waals surface area (Å²) >= 11 is 0. The SMILES string of the molecule is Cc1nc(C)c(C)c(OCC(C)C)n1. The molecule has 0 fully saturated rings. The summed E-state index contributed by atoms with van der Waals surface area (Å²) in [6, 6.07) is 0. The van der Waals surface area contributed by atoms with Crippen LogP contribution in [0.4, 0.5) is 0 Å². The molecule has 14 heavy (non-hydrogen) atoms. The van der Waals surface area contributed by atoms with Crippen LogP contribution in [0.5, 0.6) is 5.88 Å². The minimum absolute atomic E-state index is 0.518. The molecule has 1 heterocycles. The van der Waals surface area contributed by atoms with Crippen molar-refractivity contribution in [3.63, 3.8) is 0 Å². The van der Waals surface area contributed by atoms with E-state index in [0.29, 0.717) is 12.5 Å². The van der Waals surface area contributed by atoms with E-state index < -0.39 is 0 Å². The van der Waals surface area contributed by atoms with Gasteiger partial charge in [-0.05, 0) is 26.7 Å². The molecule has 0 N–H and O–H groups in total. The molecule has 0 unspecified atom stereocenters. The molecule has 1 rings (SSSR count). The maximum Gasteiger partial charge on any atom is 0.219 e. The van der Waals surface area contributed by atoms with Crippen LogP contribution in [0.3, 0.4) is 0 Å². The number of aryl methyl sites for hydroxylation is 2. The van der Waals surface area contributed by atoms with E-state index >= 15 is 0 Å². The molecule has 0 aliphatic heterocycles. The molecule has 0 aromatic carbocycles. The normalized spacial score (nSPS) is 10.7. The quantitative estimate of drug-likeness (QED) is 0.741. The van der Waals surface area contributed by atoms with E-state index in [1.54, 1.807) is 0 Å². The zero-order valence-electron chi connectivity index (χ0n) is 9.59. The third kappa shape index (κ3) is 2.69. The number of aromatic nitrogens is 2. The second-order valence-electron chi connectivity index (χ2n) is 3.99. The minimum atomic E-state index is 0.518. The van der Waals surface area contributed by atoms with Gasteiger partial charge in [-0.25, -0.2) is 4.98 Å². The van der Waals surface area contributed by atoms with Gasteiger partial charge in [-0.2, -0.15) is 4.98 Å². The van der Waals surface area contributed by atoms with Gasteiger partial charge in [0.25, 0.3) is 0 Å². The molecular weight excluding hydrogens is 176 g/mol. The fourth-order valence-electron chi connectivity index (χ4n) is 1.12. The molecule has 3 heteroatoms. The third-order valence-electron chi connectivity index (χ3n) is 2.01. The van der Waals surface area contributed by atoms with Gasteiger partial charge in [-0.3, -0.25) is 0 Å². The highest BCUT2D eigenvalue weighted by atomic mass is 16.5. The van der Waals surface area contributed by atoms with Gasteiger partial charge in [0.2, 0.25) is 5.88 Å². The summed E-state index contributed by atoms with van der Waals surface area (Å²) in [6.45, 7) is 10.8. The molecule has 1 aromatic heterocycles. The number of nitrogens with zero attached hydrogens (tertiary/aromatic N) is 2. The maximum atomic E-state index is 5.61. The van der Waals surface area contributed by atoms with Crippen LogP contribution in [0, 0.1) is 26.7 Å². The molecule has 0 atom stereocenters. The van der Waals surface area contributed by atoms with E-state index in [9.17, 15) is 0 Å². The van der Waals surface area contributed by atoms with Crippen LogP contribution in [0.25, 0.3) is 0 Å². The van der Waals surface area contributed by atoms with Crippen molar-refractivity contribution in [1.82, 2.24) is 9.97 Å². The van der Waals surface area contributed by atoms with E-state index in [1.807, 2.05) is 20.8 Å². The van der Waals surface area contributed by atoms with Gasteiger partial charge in [-0.1, -0.05) is 13.8 Å².